The summed E-state index contributed by atoms with van der Waals surface area (Å²) in [5, 5.41) is 0. The molecule has 2 heteroatoms. The fourth-order valence-corrected chi connectivity index (χ4v) is 2.08. The first-order valence-corrected chi connectivity index (χ1v) is 7.30. The van der Waals surface area contributed by atoms with Crippen LogP contribution >= 0.6 is 0 Å². The van der Waals surface area contributed by atoms with Gasteiger partial charge in [0.05, 0.1) is 13.2 Å². The van der Waals surface area contributed by atoms with E-state index in [1.54, 1.807) is 0 Å². The fraction of sp³-hybridized carbons (Fsp3) is 0.867. The number of rotatable bonds is 0. The Morgan fingerprint density at radius 2 is 0.824 bits per heavy atom. The van der Waals surface area contributed by atoms with Crippen molar-refractivity contribution in [1.29, 1.82) is 0 Å². The fourth-order valence-electron chi connectivity index (χ4n) is 2.08. The van der Waals surface area contributed by atoms with Crippen molar-refractivity contribution < 1.29 is 9.47 Å². The monoisotopic (exact) mass is 240 g/mol. The molecule has 0 saturated heterocycles. The lowest BCUT2D eigenvalue weighted by molar-refractivity contribution is 0.149. The smallest absolute Gasteiger partial charge is 0.0648 e. The van der Waals surface area contributed by atoms with Crippen LogP contribution in [-0.4, -0.2) is 26.4 Å². The summed E-state index contributed by atoms with van der Waals surface area (Å²) in [5.41, 5.74) is 0. The van der Waals surface area contributed by atoms with Gasteiger partial charge in [0.25, 0.3) is 0 Å². The van der Waals surface area contributed by atoms with Gasteiger partial charge >= 0.3 is 0 Å². The Bertz CT molecular complexity index is 160. The van der Waals surface area contributed by atoms with Gasteiger partial charge in [0, 0.05) is 13.2 Å². The molecule has 0 unspecified atom stereocenters. The minimum absolute atomic E-state index is 0.739. The van der Waals surface area contributed by atoms with Crippen LogP contribution in [0.5, 0.6) is 0 Å². The van der Waals surface area contributed by atoms with Crippen LogP contribution in [0.15, 0.2) is 12.2 Å². The first-order valence-electron chi connectivity index (χ1n) is 7.30. The minimum Gasteiger partial charge on any atom is -0.377 e. The molecule has 0 radical (unpaired) electrons. The highest BCUT2D eigenvalue weighted by molar-refractivity contribution is 4.81. The normalized spacial score (nSPS) is 23.1. The Morgan fingerprint density at radius 1 is 0.471 bits per heavy atom. The maximum Gasteiger partial charge on any atom is 0.0648 e. The van der Waals surface area contributed by atoms with Gasteiger partial charge < -0.3 is 9.47 Å². The average Bonchev–Trinajstić information content (AvgIpc) is 2.35. The van der Waals surface area contributed by atoms with E-state index >= 15 is 0 Å². The van der Waals surface area contributed by atoms with Crippen molar-refractivity contribution in [3.05, 3.63) is 12.2 Å². The highest BCUT2D eigenvalue weighted by Crippen LogP contribution is 2.10. The molecular formula is C15H28O2. The maximum atomic E-state index is 5.52. The van der Waals surface area contributed by atoms with Crippen LogP contribution < -0.4 is 0 Å². The van der Waals surface area contributed by atoms with Crippen LogP contribution in [0.1, 0.15) is 57.8 Å². The number of hydrogen-bond acceptors (Lipinski definition) is 2. The summed E-state index contributed by atoms with van der Waals surface area (Å²) in [4.78, 5) is 0. The maximum absolute atomic E-state index is 5.52. The van der Waals surface area contributed by atoms with E-state index in [4.69, 9.17) is 9.47 Å². The summed E-state index contributed by atoms with van der Waals surface area (Å²) >= 11 is 0. The predicted molar refractivity (Wildman–Crippen MR) is 72.3 cm³/mol. The topological polar surface area (TPSA) is 18.5 Å². The van der Waals surface area contributed by atoms with Crippen LogP contribution in [0, 0.1) is 0 Å². The van der Waals surface area contributed by atoms with Gasteiger partial charge in [-0.1, -0.05) is 57.1 Å². The van der Waals surface area contributed by atoms with E-state index in [0.717, 1.165) is 26.4 Å². The summed E-state index contributed by atoms with van der Waals surface area (Å²) in [6, 6.07) is 0. The lowest BCUT2D eigenvalue weighted by Crippen LogP contribution is -1.96. The van der Waals surface area contributed by atoms with E-state index in [0.29, 0.717) is 0 Å². The zero-order valence-corrected chi connectivity index (χ0v) is 11.2. The Hall–Kier alpha value is -0.340. The van der Waals surface area contributed by atoms with Crippen molar-refractivity contribution >= 4 is 0 Å². The van der Waals surface area contributed by atoms with E-state index in [-0.39, 0.29) is 0 Å². The Kier molecular flexibility index (Phi) is 10.5. The molecule has 0 N–H and O–H groups in total. The predicted octanol–water partition coefficient (Wildman–Crippen LogP) is 4.10. The second-order valence-corrected chi connectivity index (χ2v) is 4.80. The molecule has 0 amide bonds. The van der Waals surface area contributed by atoms with Crippen molar-refractivity contribution in [1.82, 2.24) is 0 Å². The summed E-state index contributed by atoms with van der Waals surface area (Å²) < 4.78 is 11.0. The second kappa shape index (κ2) is 12.1. The van der Waals surface area contributed by atoms with Crippen molar-refractivity contribution in [3.63, 3.8) is 0 Å². The van der Waals surface area contributed by atoms with Gasteiger partial charge in [0.15, 0.2) is 0 Å². The molecule has 0 saturated carbocycles. The summed E-state index contributed by atoms with van der Waals surface area (Å²) in [7, 11) is 0. The molecule has 1 rings (SSSR count). The number of ether oxygens (including phenoxy) is 2. The zero-order valence-electron chi connectivity index (χ0n) is 11.2. The lowest BCUT2D eigenvalue weighted by atomic mass is 10.1. The van der Waals surface area contributed by atoms with Crippen molar-refractivity contribution in [2.75, 3.05) is 26.4 Å². The van der Waals surface area contributed by atoms with Gasteiger partial charge in [-0.25, -0.2) is 0 Å². The molecule has 0 aromatic rings. The molecule has 0 spiro atoms. The molecule has 0 aromatic carbocycles. The molecule has 100 valence electrons. The van der Waals surface area contributed by atoms with Crippen LogP contribution in [0.3, 0.4) is 0 Å². The molecule has 0 bridgehead atoms. The first kappa shape index (κ1) is 14.7. The van der Waals surface area contributed by atoms with E-state index in [9.17, 15) is 0 Å². The largest absolute Gasteiger partial charge is 0.377 e. The first-order chi connectivity index (χ1) is 8.50. The molecule has 1 heterocycles. The second-order valence-electron chi connectivity index (χ2n) is 4.80. The van der Waals surface area contributed by atoms with E-state index < -0.39 is 0 Å². The number of hydrogen-bond donors (Lipinski definition) is 0. The molecular weight excluding hydrogens is 212 g/mol. The van der Waals surface area contributed by atoms with E-state index in [2.05, 4.69) is 12.2 Å². The van der Waals surface area contributed by atoms with E-state index in [1.807, 2.05) is 0 Å². The molecule has 0 aliphatic carbocycles. The Labute approximate surface area is 106 Å². The van der Waals surface area contributed by atoms with Gasteiger partial charge in [-0.15, -0.1) is 0 Å². The summed E-state index contributed by atoms with van der Waals surface area (Å²) in [6.45, 7) is 3.29. The molecule has 1 aliphatic rings. The Morgan fingerprint density at radius 3 is 1.24 bits per heavy atom. The van der Waals surface area contributed by atoms with Crippen LogP contribution in [0.25, 0.3) is 0 Å². The third kappa shape index (κ3) is 10.5. The van der Waals surface area contributed by atoms with Crippen molar-refractivity contribution in [2.45, 2.75) is 57.8 Å². The van der Waals surface area contributed by atoms with Crippen molar-refractivity contribution in [2.24, 2.45) is 0 Å². The third-order valence-electron chi connectivity index (χ3n) is 3.17. The SMILES string of the molecule is C1=CCOCCCCCCCCCCCOC1. The highest BCUT2D eigenvalue weighted by atomic mass is 16.5. The summed E-state index contributed by atoms with van der Waals surface area (Å²) in [6.07, 6.45) is 16.2. The third-order valence-corrected chi connectivity index (χ3v) is 3.17. The average molecular weight is 240 g/mol. The highest BCUT2D eigenvalue weighted by Gasteiger charge is 1.94. The van der Waals surface area contributed by atoms with Gasteiger partial charge in [0.2, 0.25) is 0 Å². The van der Waals surface area contributed by atoms with Gasteiger partial charge in [-0.05, 0) is 12.8 Å². The molecule has 1 aliphatic heterocycles. The quantitative estimate of drug-likeness (QED) is 0.593. The lowest BCUT2D eigenvalue weighted by Gasteiger charge is -2.02. The molecule has 0 fully saturated rings. The minimum atomic E-state index is 0.739. The Balaban J connectivity index is 2.07. The molecule has 2 nitrogen and oxygen atoms in total. The van der Waals surface area contributed by atoms with Crippen LogP contribution in [0.2, 0.25) is 0 Å². The zero-order chi connectivity index (χ0) is 12.0. The molecule has 17 heavy (non-hydrogen) atoms. The molecule has 0 atom stereocenters. The van der Waals surface area contributed by atoms with E-state index in [1.165, 1.54) is 57.8 Å². The van der Waals surface area contributed by atoms with Crippen LogP contribution in [-0.2, 0) is 9.47 Å². The van der Waals surface area contributed by atoms with Crippen molar-refractivity contribution in [3.8, 4) is 0 Å². The van der Waals surface area contributed by atoms with Gasteiger partial charge in [-0.2, -0.15) is 0 Å². The van der Waals surface area contributed by atoms with Crippen LogP contribution in [0.4, 0.5) is 0 Å². The van der Waals surface area contributed by atoms with Gasteiger partial charge in [-0.3, -0.25) is 0 Å². The standard InChI is InChI=1S/C15H28O2/c1-2-4-6-8-12-16-14-10-11-15-17-13-9-7-5-3-1/h10-11H,1-9,12-15H2. The molecule has 0 aromatic heterocycles. The summed E-state index contributed by atoms with van der Waals surface area (Å²) in [5.74, 6) is 0. The van der Waals surface area contributed by atoms with Gasteiger partial charge in [0.1, 0.15) is 0 Å².